The molecule has 0 amide bonds. The van der Waals surface area contributed by atoms with Crippen LogP contribution in [0.1, 0.15) is 20.3 Å². The van der Waals surface area contributed by atoms with E-state index in [2.05, 4.69) is 19.2 Å². The van der Waals surface area contributed by atoms with E-state index in [0.29, 0.717) is 18.4 Å². The molecule has 2 nitrogen and oxygen atoms in total. The minimum atomic E-state index is 0.234. The summed E-state index contributed by atoms with van der Waals surface area (Å²) in [5, 5.41) is 3.15. The molecule has 1 atom stereocenters. The molecule has 0 bridgehead atoms. The topological polar surface area (TPSA) is 29.1 Å². The van der Waals surface area contributed by atoms with Crippen LogP contribution in [-0.2, 0) is 4.79 Å². The van der Waals surface area contributed by atoms with Crippen LogP contribution in [0.3, 0.4) is 0 Å². The van der Waals surface area contributed by atoms with Crippen molar-refractivity contribution in [3.63, 3.8) is 0 Å². The van der Waals surface area contributed by atoms with Crippen LogP contribution in [0.4, 0.5) is 0 Å². The van der Waals surface area contributed by atoms with Gasteiger partial charge in [-0.15, -0.1) is 0 Å². The Morgan fingerprint density at radius 3 is 2.80 bits per heavy atom. The maximum atomic E-state index is 10.9. The molecule has 1 heterocycles. The molecule has 1 unspecified atom stereocenters. The summed E-state index contributed by atoms with van der Waals surface area (Å²) in [7, 11) is 0. The Morgan fingerprint density at radius 1 is 1.70 bits per heavy atom. The Balaban J connectivity index is 2.52. The van der Waals surface area contributed by atoms with Gasteiger partial charge < -0.3 is 5.32 Å². The third-order valence-corrected chi connectivity index (χ3v) is 1.81. The van der Waals surface area contributed by atoms with Crippen molar-refractivity contribution in [1.82, 2.24) is 5.32 Å². The van der Waals surface area contributed by atoms with Gasteiger partial charge >= 0.3 is 0 Å². The van der Waals surface area contributed by atoms with Crippen LogP contribution in [0.5, 0.6) is 0 Å². The fourth-order valence-corrected chi connectivity index (χ4v) is 1.04. The highest BCUT2D eigenvalue weighted by Crippen LogP contribution is 2.09. The summed E-state index contributed by atoms with van der Waals surface area (Å²) in [6, 6.07) is 0.345. The van der Waals surface area contributed by atoms with Gasteiger partial charge in [-0.2, -0.15) is 0 Å². The number of carbonyl (C=O) groups excluding carboxylic acids is 1. The summed E-state index contributed by atoms with van der Waals surface area (Å²) in [6.45, 7) is 4.23. The van der Waals surface area contributed by atoms with Crippen molar-refractivity contribution in [1.29, 1.82) is 0 Å². The standard InChI is InChI=1S/C8H13NO/c1-6(2)8-5-7(10)3-4-9-8/h3-4,6,8-9H,5H2,1-2H3. The zero-order chi connectivity index (χ0) is 7.56. The van der Waals surface area contributed by atoms with E-state index in [1.165, 1.54) is 0 Å². The molecule has 0 radical (unpaired) electrons. The van der Waals surface area contributed by atoms with E-state index in [1.807, 2.05) is 0 Å². The van der Waals surface area contributed by atoms with Gasteiger partial charge in [0.15, 0.2) is 5.78 Å². The van der Waals surface area contributed by atoms with Gasteiger partial charge in [-0.05, 0) is 12.0 Å². The second-order valence-electron chi connectivity index (χ2n) is 3.02. The Morgan fingerprint density at radius 2 is 2.40 bits per heavy atom. The van der Waals surface area contributed by atoms with Crippen LogP contribution >= 0.6 is 0 Å². The maximum Gasteiger partial charge on any atom is 0.159 e. The van der Waals surface area contributed by atoms with Crippen LogP contribution in [0.2, 0.25) is 0 Å². The Bertz CT molecular complexity index is 161. The van der Waals surface area contributed by atoms with Gasteiger partial charge in [0.2, 0.25) is 0 Å². The second-order valence-corrected chi connectivity index (χ2v) is 3.02. The molecule has 56 valence electrons. The molecule has 1 rings (SSSR count). The monoisotopic (exact) mass is 139 g/mol. The second kappa shape index (κ2) is 2.86. The first-order valence-electron chi connectivity index (χ1n) is 3.65. The highest BCUT2D eigenvalue weighted by atomic mass is 16.1. The minimum Gasteiger partial charge on any atom is -0.387 e. The largest absolute Gasteiger partial charge is 0.387 e. The van der Waals surface area contributed by atoms with Crippen molar-refractivity contribution >= 4 is 5.78 Å². The van der Waals surface area contributed by atoms with E-state index < -0.39 is 0 Å². The summed E-state index contributed by atoms with van der Waals surface area (Å²) < 4.78 is 0. The van der Waals surface area contributed by atoms with Gasteiger partial charge in [0, 0.05) is 18.7 Å². The van der Waals surface area contributed by atoms with Crippen LogP contribution in [0.25, 0.3) is 0 Å². The molecule has 0 aromatic carbocycles. The first-order chi connectivity index (χ1) is 4.70. The lowest BCUT2D eigenvalue weighted by atomic mass is 9.97. The lowest BCUT2D eigenvalue weighted by molar-refractivity contribution is -0.115. The number of carbonyl (C=O) groups is 1. The first kappa shape index (κ1) is 7.32. The molecule has 0 saturated heterocycles. The van der Waals surface area contributed by atoms with Crippen LogP contribution in [-0.4, -0.2) is 11.8 Å². The van der Waals surface area contributed by atoms with Crippen LogP contribution < -0.4 is 5.32 Å². The molecule has 0 aliphatic carbocycles. The normalized spacial score (nSPS) is 25.1. The first-order valence-corrected chi connectivity index (χ1v) is 3.65. The Hall–Kier alpha value is -0.790. The van der Waals surface area contributed by atoms with Gasteiger partial charge in [0.1, 0.15) is 0 Å². The van der Waals surface area contributed by atoms with Crippen molar-refractivity contribution in [2.75, 3.05) is 0 Å². The zero-order valence-corrected chi connectivity index (χ0v) is 6.42. The molecular weight excluding hydrogens is 126 g/mol. The molecule has 1 aliphatic rings. The molecule has 0 aromatic heterocycles. The number of hydrogen-bond acceptors (Lipinski definition) is 2. The van der Waals surface area contributed by atoms with Crippen molar-refractivity contribution in [2.45, 2.75) is 26.3 Å². The van der Waals surface area contributed by atoms with E-state index in [-0.39, 0.29) is 5.78 Å². The van der Waals surface area contributed by atoms with E-state index in [4.69, 9.17) is 0 Å². The lowest BCUT2D eigenvalue weighted by Gasteiger charge is -2.22. The van der Waals surface area contributed by atoms with Crippen molar-refractivity contribution in [3.8, 4) is 0 Å². The Kier molecular flexibility index (Phi) is 2.10. The number of nitrogens with one attached hydrogen (secondary N) is 1. The minimum absolute atomic E-state index is 0.234. The third-order valence-electron chi connectivity index (χ3n) is 1.81. The summed E-state index contributed by atoms with van der Waals surface area (Å²) >= 11 is 0. The van der Waals surface area contributed by atoms with Gasteiger partial charge in [-0.1, -0.05) is 13.8 Å². The average Bonchev–Trinajstić information content (AvgIpc) is 1.88. The smallest absolute Gasteiger partial charge is 0.159 e. The third kappa shape index (κ3) is 1.59. The summed E-state index contributed by atoms with van der Waals surface area (Å²) in [6.07, 6.45) is 3.99. The maximum absolute atomic E-state index is 10.9. The average molecular weight is 139 g/mol. The van der Waals surface area contributed by atoms with E-state index in [1.54, 1.807) is 12.3 Å². The number of allylic oxidation sites excluding steroid dienone is 1. The van der Waals surface area contributed by atoms with Crippen molar-refractivity contribution in [3.05, 3.63) is 12.3 Å². The molecule has 1 N–H and O–H groups in total. The molecule has 10 heavy (non-hydrogen) atoms. The van der Waals surface area contributed by atoms with E-state index in [0.717, 1.165) is 0 Å². The zero-order valence-electron chi connectivity index (χ0n) is 6.42. The predicted molar refractivity (Wildman–Crippen MR) is 40.5 cm³/mol. The quantitative estimate of drug-likeness (QED) is 0.589. The molecular formula is C8H13NO. The summed E-state index contributed by atoms with van der Waals surface area (Å²) in [4.78, 5) is 10.9. The predicted octanol–water partition coefficient (Wildman–Crippen LogP) is 1.09. The molecule has 0 saturated carbocycles. The molecule has 0 spiro atoms. The van der Waals surface area contributed by atoms with E-state index >= 15 is 0 Å². The van der Waals surface area contributed by atoms with Gasteiger partial charge in [-0.3, -0.25) is 4.79 Å². The molecule has 1 aliphatic heterocycles. The SMILES string of the molecule is CC(C)C1CC(=O)C=CN1. The lowest BCUT2D eigenvalue weighted by Crippen LogP contribution is -2.34. The molecule has 0 aromatic rings. The fraction of sp³-hybridized carbons (Fsp3) is 0.625. The molecule has 0 fully saturated rings. The van der Waals surface area contributed by atoms with Crippen LogP contribution in [0, 0.1) is 5.92 Å². The van der Waals surface area contributed by atoms with Gasteiger partial charge in [0.05, 0.1) is 0 Å². The number of ketones is 1. The van der Waals surface area contributed by atoms with Gasteiger partial charge in [-0.25, -0.2) is 0 Å². The highest BCUT2D eigenvalue weighted by molar-refractivity contribution is 5.90. The highest BCUT2D eigenvalue weighted by Gasteiger charge is 2.17. The van der Waals surface area contributed by atoms with Crippen molar-refractivity contribution in [2.24, 2.45) is 5.92 Å². The molecule has 2 heteroatoms. The van der Waals surface area contributed by atoms with Crippen LogP contribution in [0.15, 0.2) is 12.3 Å². The Labute approximate surface area is 61.3 Å². The summed E-state index contributed by atoms with van der Waals surface area (Å²) in [5.41, 5.74) is 0. The van der Waals surface area contributed by atoms with Crippen molar-refractivity contribution < 1.29 is 4.79 Å². The fourth-order valence-electron chi connectivity index (χ4n) is 1.04. The van der Waals surface area contributed by atoms with Gasteiger partial charge in [0.25, 0.3) is 0 Å². The summed E-state index contributed by atoms with van der Waals surface area (Å²) in [5.74, 6) is 0.770. The number of hydrogen-bond donors (Lipinski definition) is 1. The van der Waals surface area contributed by atoms with E-state index in [9.17, 15) is 4.79 Å². The number of rotatable bonds is 1.